The van der Waals surface area contributed by atoms with Crippen LogP contribution in [0.1, 0.15) is 42.5 Å². The highest BCUT2D eigenvalue weighted by atomic mass is 19.4. The van der Waals surface area contributed by atoms with Crippen molar-refractivity contribution in [3.8, 4) is 5.75 Å². The van der Waals surface area contributed by atoms with Crippen LogP contribution in [0, 0.1) is 5.92 Å². The molecule has 1 aliphatic rings. The lowest BCUT2D eigenvalue weighted by Crippen LogP contribution is -2.15. The lowest BCUT2D eigenvalue weighted by molar-refractivity contribution is -0.140. The molecule has 138 valence electrons. The van der Waals surface area contributed by atoms with Crippen LogP contribution >= 0.6 is 0 Å². The lowest BCUT2D eigenvalue weighted by atomic mass is 10.0. The molecule has 1 saturated carbocycles. The van der Waals surface area contributed by atoms with E-state index in [4.69, 9.17) is 4.74 Å². The van der Waals surface area contributed by atoms with Crippen molar-refractivity contribution in [2.75, 3.05) is 0 Å². The summed E-state index contributed by atoms with van der Waals surface area (Å²) in [6.45, 7) is 0.0357. The third kappa shape index (κ3) is 5.07. The highest BCUT2D eigenvalue weighted by molar-refractivity contribution is 5.79. The molecule has 3 nitrogen and oxygen atoms in total. The van der Waals surface area contributed by atoms with Gasteiger partial charge in [0.15, 0.2) is 0 Å². The zero-order chi connectivity index (χ0) is 18.6. The molecule has 1 aromatic heterocycles. The minimum absolute atomic E-state index is 0.00182. The Morgan fingerprint density at radius 2 is 1.88 bits per heavy atom. The van der Waals surface area contributed by atoms with Crippen LogP contribution in [0.25, 0.3) is 0 Å². The highest BCUT2D eigenvalue weighted by Gasteiger charge is 2.38. The predicted molar refractivity (Wildman–Crippen MR) is 90.7 cm³/mol. The number of aryl methyl sites for hydroxylation is 1. The molecule has 0 spiro atoms. The molecular weight excluding hydrogens is 343 g/mol. The Hall–Kier alpha value is -2.37. The topological polar surface area (TPSA) is 39.2 Å². The van der Waals surface area contributed by atoms with Crippen LogP contribution in [0.5, 0.6) is 5.75 Å². The molecule has 1 fully saturated rings. The van der Waals surface area contributed by atoms with E-state index in [0.717, 1.165) is 18.4 Å². The third-order valence-electron chi connectivity index (χ3n) is 4.37. The van der Waals surface area contributed by atoms with E-state index in [0.29, 0.717) is 12.3 Å². The van der Waals surface area contributed by atoms with Gasteiger partial charge in [0.25, 0.3) is 0 Å². The van der Waals surface area contributed by atoms with Gasteiger partial charge in [0.2, 0.25) is 0 Å². The Labute approximate surface area is 150 Å². The minimum atomic E-state index is -4.59. The zero-order valence-corrected chi connectivity index (χ0v) is 14.3. The van der Waals surface area contributed by atoms with Crippen LogP contribution in [0.2, 0.25) is 0 Å². The van der Waals surface area contributed by atoms with Gasteiger partial charge in [-0.15, -0.1) is 0 Å². The van der Waals surface area contributed by atoms with E-state index >= 15 is 0 Å². The quantitative estimate of drug-likeness (QED) is 0.664. The number of pyridine rings is 1. The number of hydrogen-bond donors (Lipinski definition) is 0. The van der Waals surface area contributed by atoms with Gasteiger partial charge in [0.1, 0.15) is 23.7 Å². The Morgan fingerprint density at radius 3 is 2.54 bits per heavy atom. The van der Waals surface area contributed by atoms with Crippen molar-refractivity contribution in [2.45, 2.75) is 44.9 Å². The first-order valence-corrected chi connectivity index (χ1v) is 8.67. The first kappa shape index (κ1) is 18.4. The van der Waals surface area contributed by atoms with Crippen molar-refractivity contribution in [1.82, 2.24) is 4.98 Å². The van der Waals surface area contributed by atoms with E-state index in [2.05, 4.69) is 4.98 Å². The second-order valence-electron chi connectivity index (χ2n) is 6.59. The standard InChI is InChI=1S/C20H20F3NO2/c21-20(22,23)19-17(9-8-16(25)12-14-6-7-14)24-11-10-18(19)26-13-15-4-2-1-3-5-15/h1-5,10-11,14H,6-9,12-13H2. The van der Waals surface area contributed by atoms with E-state index in [-0.39, 0.29) is 36.7 Å². The number of aromatic nitrogens is 1. The van der Waals surface area contributed by atoms with Gasteiger partial charge >= 0.3 is 6.18 Å². The summed E-state index contributed by atoms with van der Waals surface area (Å²) in [6.07, 6.45) is -0.685. The second-order valence-corrected chi connectivity index (χ2v) is 6.59. The van der Waals surface area contributed by atoms with Gasteiger partial charge in [0, 0.05) is 19.0 Å². The Balaban J connectivity index is 1.74. The van der Waals surface area contributed by atoms with E-state index in [1.807, 2.05) is 6.07 Å². The SMILES string of the molecule is O=C(CCc1nccc(OCc2ccccc2)c1C(F)(F)F)CC1CC1. The molecular formula is C20H20F3NO2. The van der Waals surface area contributed by atoms with Crippen LogP contribution in [0.3, 0.4) is 0 Å². The molecule has 6 heteroatoms. The van der Waals surface area contributed by atoms with Crippen LogP contribution < -0.4 is 4.74 Å². The Kier molecular flexibility index (Phi) is 5.59. The minimum Gasteiger partial charge on any atom is -0.488 e. The number of rotatable bonds is 8. The number of carbonyl (C=O) groups is 1. The fraction of sp³-hybridized carbons (Fsp3) is 0.400. The number of benzene rings is 1. The predicted octanol–water partition coefficient (Wildman–Crippen LogP) is 4.98. The maximum atomic E-state index is 13.6. The molecule has 1 heterocycles. The number of nitrogens with zero attached hydrogens (tertiary/aromatic N) is 1. The van der Waals surface area contributed by atoms with Gasteiger partial charge in [0.05, 0.1) is 5.69 Å². The summed E-state index contributed by atoms with van der Waals surface area (Å²) in [4.78, 5) is 15.8. The molecule has 26 heavy (non-hydrogen) atoms. The first-order valence-electron chi connectivity index (χ1n) is 8.67. The van der Waals surface area contributed by atoms with Crippen molar-refractivity contribution in [1.29, 1.82) is 0 Å². The molecule has 0 atom stereocenters. The average molecular weight is 363 g/mol. The molecule has 0 aliphatic heterocycles. The average Bonchev–Trinajstić information content (AvgIpc) is 3.42. The number of hydrogen-bond acceptors (Lipinski definition) is 3. The number of alkyl halides is 3. The molecule has 0 amide bonds. The number of ether oxygens (including phenoxy) is 1. The highest BCUT2D eigenvalue weighted by Crippen LogP contribution is 2.39. The summed E-state index contributed by atoms with van der Waals surface area (Å²) < 4.78 is 46.1. The van der Waals surface area contributed by atoms with Gasteiger partial charge in [-0.25, -0.2) is 0 Å². The van der Waals surface area contributed by atoms with Crippen LogP contribution in [-0.4, -0.2) is 10.8 Å². The molecule has 3 rings (SSSR count). The number of halogens is 3. The monoisotopic (exact) mass is 363 g/mol. The van der Waals surface area contributed by atoms with Gasteiger partial charge < -0.3 is 4.74 Å². The van der Waals surface area contributed by atoms with Crippen molar-refractivity contribution in [3.05, 3.63) is 59.4 Å². The molecule has 0 bridgehead atoms. The van der Waals surface area contributed by atoms with Gasteiger partial charge in [-0.05, 0) is 36.8 Å². The largest absolute Gasteiger partial charge is 0.488 e. The van der Waals surface area contributed by atoms with Gasteiger partial charge in [-0.2, -0.15) is 13.2 Å². The Morgan fingerprint density at radius 1 is 1.15 bits per heavy atom. The van der Waals surface area contributed by atoms with Crippen LogP contribution in [-0.2, 0) is 24.0 Å². The smallest absolute Gasteiger partial charge is 0.421 e. The van der Waals surface area contributed by atoms with E-state index in [1.165, 1.54) is 12.3 Å². The van der Waals surface area contributed by atoms with Crippen molar-refractivity contribution in [2.24, 2.45) is 5.92 Å². The normalized spacial score (nSPS) is 14.3. The third-order valence-corrected chi connectivity index (χ3v) is 4.37. The summed E-state index contributed by atoms with van der Waals surface area (Å²) in [6, 6.07) is 10.2. The summed E-state index contributed by atoms with van der Waals surface area (Å²) in [7, 11) is 0. The maximum absolute atomic E-state index is 13.6. The van der Waals surface area contributed by atoms with Crippen molar-refractivity contribution >= 4 is 5.78 Å². The summed E-state index contributed by atoms with van der Waals surface area (Å²) in [5, 5.41) is 0. The lowest BCUT2D eigenvalue weighted by Gasteiger charge is -2.17. The molecule has 0 saturated heterocycles. The summed E-state index contributed by atoms with van der Waals surface area (Å²) >= 11 is 0. The maximum Gasteiger partial charge on any atom is 0.421 e. The zero-order valence-electron chi connectivity index (χ0n) is 14.3. The van der Waals surface area contributed by atoms with Gasteiger partial charge in [-0.1, -0.05) is 30.3 Å². The molecule has 2 aromatic rings. The first-order chi connectivity index (χ1) is 12.4. The van der Waals surface area contributed by atoms with Crippen LogP contribution in [0.15, 0.2) is 42.6 Å². The molecule has 1 aromatic carbocycles. The van der Waals surface area contributed by atoms with Crippen molar-refractivity contribution in [3.63, 3.8) is 0 Å². The Bertz CT molecular complexity index is 755. The van der Waals surface area contributed by atoms with E-state index in [9.17, 15) is 18.0 Å². The van der Waals surface area contributed by atoms with Crippen LogP contribution in [0.4, 0.5) is 13.2 Å². The molecule has 0 unspecified atom stereocenters. The number of ketones is 1. The molecule has 1 aliphatic carbocycles. The second kappa shape index (κ2) is 7.89. The van der Waals surface area contributed by atoms with Crippen molar-refractivity contribution < 1.29 is 22.7 Å². The van der Waals surface area contributed by atoms with E-state index < -0.39 is 11.7 Å². The van der Waals surface area contributed by atoms with E-state index in [1.54, 1.807) is 24.3 Å². The number of carbonyl (C=O) groups excluding carboxylic acids is 1. The summed E-state index contributed by atoms with van der Waals surface area (Å²) in [5.41, 5.74) is -0.235. The molecule has 0 radical (unpaired) electrons. The number of Topliss-reactive ketones (excluding diaryl/α,β-unsaturated/α-hetero) is 1. The fourth-order valence-corrected chi connectivity index (χ4v) is 2.84. The summed E-state index contributed by atoms with van der Waals surface area (Å²) in [5.74, 6) is 0.178. The fourth-order valence-electron chi connectivity index (χ4n) is 2.84. The van der Waals surface area contributed by atoms with Gasteiger partial charge in [-0.3, -0.25) is 9.78 Å². The molecule has 0 N–H and O–H groups in total.